The summed E-state index contributed by atoms with van der Waals surface area (Å²) in [6.45, 7) is 5.51. The molecule has 0 amide bonds. The standard InChI is InChI=1S/C18H20ClNO4/c1-5-24-18(22)15-11(3)20-10(2)14(17(21)23-4)16(15)12-8-6-7-9-13(12)19/h6-9,16,20H,5H2,1-4H3. The van der Waals surface area contributed by atoms with Crippen molar-refractivity contribution >= 4 is 23.5 Å². The Morgan fingerprint density at radius 2 is 1.71 bits per heavy atom. The monoisotopic (exact) mass is 349 g/mol. The number of esters is 2. The van der Waals surface area contributed by atoms with Crippen LogP contribution in [-0.2, 0) is 19.1 Å². The van der Waals surface area contributed by atoms with E-state index in [4.69, 9.17) is 21.1 Å². The lowest BCUT2D eigenvalue weighted by atomic mass is 9.80. The summed E-state index contributed by atoms with van der Waals surface area (Å²) in [5, 5.41) is 3.53. The molecular weight excluding hydrogens is 330 g/mol. The van der Waals surface area contributed by atoms with Crippen molar-refractivity contribution in [2.45, 2.75) is 26.7 Å². The minimum absolute atomic E-state index is 0.237. The number of halogens is 1. The molecule has 0 aromatic heterocycles. The van der Waals surface area contributed by atoms with Gasteiger partial charge in [-0.05, 0) is 32.4 Å². The molecule has 0 bridgehead atoms. The number of allylic oxidation sites excluding steroid dienone is 2. The summed E-state index contributed by atoms with van der Waals surface area (Å²) in [6, 6.07) is 7.12. The van der Waals surface area contributed by atoms with Gasteiger partial charge in [0.05, 0.1) is 30.8 Å². The van der Waals surface area contributed by atoms with Crippen molar-refractivity contribution in [3.63, 3.8) is 0 Å². The third kappa shape index (κ3) is 3.31. The predicted molar refractivity (Wildman–Crippen MR) is 91.4 cm³/mol. The van der Waals surface area contributed by atoms with E-state index in [1.165, 1.54) is 7.11 Å². The van der Waals surface area contributed by atoms with Crippen LogP contribution < -0.4 is 5.32 Å². The molecule has 0 fully saturated rings. The Hall–Kier alpha value is -2.27. The summed E-state index contributed by atoms with van der Waals surface area (Å²) in [6.07, 6.45) is 0. The topological polar surface area (TPSA) is 64.6 Å². The second-order valence-electron chi connectivity index (χ2n) is 5.37. The molecule has 0 saturated heterocycles. The number of dihydropyridines is 1. The lowest BCUT2D eigenvalue weighted by Gasteiger charge is -2.30. The van der Waals surface area contributed by atoms with E-state index in [1.54, 1.807) is 39.0 Å². The third-order valence-electron chi connectivity index (χ3n) is 3.88. The Balaban J connectivity index is 2.69. The highest BCUT2D eigenvalue weighted by Crippen LogP contribution is 2.41. The summed E-state index contributed by atoms with van der Waals surface area (Å²) in [7, 11) is 1.31. The number of hydrogen-bond donors (Lipinski definition) is 1. The molecule has 6 heteroatoms. The molecule has 1 aliphatic rings. The second-order valence-corrected chi connectivity index (χ2v) is 5.78. The molecule has 1 heterocycles. The summed E-state index contributed by atoms with van der Waals surface area (Å²) < 4.78 is 10.1. The fraction of sp³-hybridized carbons (Fsp3) is 0.333. The Morgan fingerprint density at radius 3 is 2.25 bits per heavy atom. The molecule has 0 aliphatic carbocycles. The SMILES string of the molecule is CCOC(=O)C1=C(C)NC(C)=C(C(=O)OC)C1c1ccccc1Cl. The van der Waals surface area contributed by atoms with E-state index in [0.717, 1.165) is 0 Å². The number of methoxy groups -OCH3 is 1. The molecule has 1 aliphatic heterocycles. The molecule has 0 saturated carbocycles. The Morgan fingerprint density at radius 1 is 1.12 bits per heavy atom. The summed E-state index contributed by atoms with van der Waals surface area (Å²) in [5.41, 5.74) is 2.61. The van der Waals surface area contributed by atoms with Crippen LogP contribution in [0, 0.1) is 0 Å². The van der Waals surface area contributed by atoms with E-state index < -0.39 is 17.9 Å². The van der Waals surface area contributed by atoms with Crippen molar-refractivity contribution in [2.24, 2.45) is 0 Å². The first-order valence-corrected chi connectivity index (χ1v) is 7.98. The van der Waals surface area contributed by atoms with Gasteiger partial charge in [-0.3, -0.25) is 0 Å². The van der Waals surface area contributed by atoms with E-state index in [2.05, 4.69) is 5.32 Å². The van der Waals surface area contributed by atoms with Gasteiger partial charge in [-0.25, -0.2) is 9.59 Å². The minimum Gasteiger partial charge on any atom is -0.466 e. The van der Waals surface area contributed by atoms with Crippen molar-refractivity contribution < 1.29 is 19.1 Å². The fourth-order valence-corrected chi connectivity index (χ4v) is 3.12. The van der Waals surface area contributed by atoms with Crippen molar-refractivity contribution in [3.8, 4) is 0 Å². The first-order chi connectivity index (χ1) is 11.4. The molecule has 1 aromatic carbocycles. The van der Waals surface area contributed by atoms with Crippen LogP contribution in [0.4, 0.5) is 0 Å². The van der Waals surface area contributed by atoms with Gasteiger partial charge >= 0.3 is 11.9 Å². The number of ether oxygens (including phenoxy) is 2. The number of hydrogen-bond acceptors (Lipinski definition) is 5. The van der Waals surface area contributed by atoms with Crippen LogP contribution in [0.2, 0.25) is 5.02 Å². The lowest BCUT2D eigenvalue weighted by molar-refractivity contribution is -0.139. The van der Waals surface area contributed by atoms with E-state index in [0.29, 0.717) is 33.1 Å². The van der Waals surface area contributed by atoms with Crippen LogP contribution in [0.5, 0.6) is 0 Å². The largest absolute Gasteiger partial charge is 0.466 e. The molecular formula is C18H20ClNO4. The van der Waals surface area contributed by atoms with Crippen molar-refractivity contribution in [1.29, 1.82) is 0 Å². The van der Waals surface area contributed by atoms with Gasteiger partial charge in [0, 0.05) is 16.4 Å². The highest BCUT2D eigenvalue weighted by atomic mass is 35.5. The molecule has 128 valence electrons. The van der Waals surface area contributed by atoms with Crippen LogP contribution >= 0.6 is 11.6 Å². The number of rotatable bonds is 4. The normalized spacial score (nSPS) is 17.5. The first-order valence-electron chi connectivity index (χ1n) is 7.60. The third-order valence-corrected chi connectivity index (χ3v) is 4.22. The molecule has 5 nitrogen and oxygen atoms in total. The van der Waals surface area contributed by atoms with Crippen molar-refractivity contribution in [2.75, 3.05) is 13.7 Å². The van der Waals surface area contributed by atoms with Gasteiger partial charge < -0.3 is 14.8 Å². The fourth-order valence-electron chi connectivity index (χ4n) is 2.87. The van der Waals surface area contributed by atoms with Crippen LogP contribution in [-0.4, -0.2) is 25.7 Å². The lowest BCUT2D eigenvalue weighted by Crippen LogP contribution is -2.32. The number of carbonyl (C=O) groups is 2. The van der Waals surface area contributed by atoms with Gasteiger partial charge in [-0.15, -0.1) is 0 Å². The van der Waals surface area contributed by atoms with E-state index in [1.807, 2.05) is 6.07 Å². The molecule has 0 radical (unpaired) electrons. The molecule has 24 heavy (non-hydrogen) atoms. The Kier molecular flexibility index (Phi) is 5.67. The molecule has 1 N–H and O–H groups in total. The average Bonchev–Trinajstić information content (AvgIpc) is 2.54. The number of carbonyl (C=O) groups excluding carboxylic acids is 2. The zero-order valence-corrected chi connectivity index (χ0v) is 14.9. The highest BCUT2D eigenvalue weighted by Gasteiger charge is 2.38. The molecule has 1 aromatic rings. The summed E-state index contributed by atoms with van der Waals surface area (Å²) in [5.74, 6) is -1.65. The van der Waals surface area contributed by atoms with Gasteiger partial charge in [0.2, 0.25) is 0 Å². The van der Waals surface area contributed by atoms with Crippen LogP contribution in [0.15, 0.2) is 46.8 Å². The van der Waals surface area contributed by atoms with Gasteiger partial charge in [-0.1, -0.05) is 29.8 Å². The van der Waals surface area contributed by atoms with Gasteiger partial charge in [0.15, 0.2) is 0 Å². The van der Waals surface area contributed by atoms with Gasteiger partial charge in [0.25, 0.3) is 0 Å². The van der Waals surface area contributed by atoms with E-state index in [9.17, 15) is 9.59 Å². The Labute approximate surface area is 146 Å². The zero-order valence-electron chi connectivity index (χ0n) is 14.1. The van der Waals surface area contributed by atoms with Crippen LogP contribution in [0.25, 0.3) is 0 Å². The van der Waals surface area contributed by atoms with Crippen LogP contribution in [0.1, 0.15) is 32.3 Å². The Bertz CT molecular complexity index is 736. The quantitative estimate of drug-likeness (QED) is 0.845. The maximum atomic E-state index is 12.5. The van der Waals surface area contributed by atoms with Crippen molar-refractivity contribution in [1.82, 2.24) is 5.32 Å². The number of nitrogens with one attached hydrogen (secondary N) is 1. The molecule has 2 rings (SSSR count). The average molecular weight is 350 g/mol. The maximum Gasteiger partial charge on any atom is 0.336 e. The molecule has 1 atom stereocenters. The zero-order chi connectivity index (χ0) is 17.9. The smallest absolute Gasteiger partial charge is 0.336 e. The van der Waals surface area contributed by atoms with Crippen LogP contribution in [0.3, 0.4) is 0 Å². The van der Waals surface area contributed by atoms with Gasteiger partial charge in [-0.2, -0.15) is 0 Å². The summed E-state index contributed by atoms with van der Waals surface area (Å²) >= 11 is 6.34. The van der Waals surface area contributed by atoms with E-state index in [-0.39, 0.29) is 6.61 Å². The van der Waals surface area contributed by atoms with Gasteiger partial charge in [0.1, 0.15) is 0 Å². The molecule has 0 spiro atoms. The molecule has 1 unspecified atom stereocenters. The summed E-state index contributed by atoms with van der Waals surface area (Å²) in [4.78, 5) is 24.9. The second kappa shape index (κ2) is 7.53. The highest BCUT2D eigenvalue weighted by molar-refractivity contribution is 6.31. The first kappa shape index (κ1) is 18.1. The predicted octanol–water partition coefficient (Wildman–Crippen LogP) is 3.31. The van der Waals surface area contributed by atoms with E-state index >= 15 is 0 Å². The maximum absolute atomic E-state index is 12.5. The minimum atomic E-state index is -0.647. The number of benzene rings is 1. The van der Waals surface area contributed by atoms with Crippen molar-refractivity contribution in [3.05, 3.63) is 57.4 Å².